The first kappa shape index (κ1) is 17.5. The van der Waals surface area contributed by atoms with E-state index in [1.54, 1.807) is 12.1 Å². The van der Waals surface area contributed by atoms with Crippen molar-refractivity contribution in [2.75, 3.05) is 48.6 Å². The number of likely N-dealkylation sites (N-methyl/N-ethyl adjacent to an activating group) is 1. The van der Waals surface area contributed by atoms with E-state index in [9.17, 15) is 12.8 Å². The molecule has 1 aliphatic heterocycles. The maximum absolute atomic E-state index is 13.3. The van der Waals surface area contributed by atoms with Crippen LogP contribution in [0.25, 0.3) is 0 Å². The minimum atomic E-state index is -3.89. The Balaban J connectivity index is 1.79. The summed E-state index contributed by atoms with van der Waals surface area (Å²) in [5.41, 5.74) is 7.60. The van der Waals surface area contributed by atoms with Gasteiger partial charge in [0, 0.05) is 31.9 Å². The van der Waals surface area contributed by atoms with Crippen LogP contribution in [0.1, 0.15) is 0 Å². The predicted octanol–water partition coefficient (Wildman–Crippen LogP) is 1.96. The monoisotopic (exact) mass is 364 g/mol. The lowest BCUT2D eigenvalue weighted by Crippen LogP contribution is -2.44. The third kappa shape index (κ3) is 4.02. The molecule has 6 nitrogen and oxygen atoms in total. The van der Waals surface area contributed by atoms with Gasteiger partial charge in [-0.1, -0.05) is 6.07 Å². The molecule has 3 rings (SSSR count). The van der Waals surface area contributed by atoms with Gasteiger partial charge in [0.1, 0.15) is 5.82 Å². The summed E-state index contributed by atoms with van der Waals surface area (Å²) in [6, 6.07) is 10.1. The second kappa shape index (κ2) is 6.89. The van der Waals surface area contributed by atoms with Crippen molar-refractivity contribution in [2.24, 2.45) is 0 Å². The second-order valence-electron chi connectivity index (χ2n) is 6.12. The number of hydrogen-bond acceptors (Lipinski definition) is 5. The molecule has 0 atom stereocenters. The van der Waals surface area contributed by atoms with Gasteiger partial charge in [-0.15, -0.1) is 0 Å². The summed E-state index contributed by atoms with van der Waals surface area (Å²) in [6.45, 7) is 3.72. The molecule has 0 amide bonds. The number of nitrogens with one attached hydrogen (secondary N) is 1. The first-order chi connectivity index (χ1) is 11.8. The maximum Gasteiger partial charge on any atom is 0.262 e. The summed E-state index contributed by atoms with van der Waals surface area (Å²) in [5, 5.41) is 0. The molecule has 1 saturated heterocycles. The van der Waals surface area contributed by atoms with Gasteiger partial charge in [-0.25, -0.2) is 12.8 Å². The van der Waals surface area contributed by atoms with Crippen LogP contribution < -0.4 is 15.4 Å². The fraction of sp³-hybridized carbons (Fsp3) is 0.294. The standard InChI is InChI=1S/C17H21FN4O2S/c1-21-7-9-22(10-8-21)14-5-6-17(16(19)12-14)20-25(23,24)15-4-2-3-13(18)11-15/h2-6,11-12,20H,7-10,19H2,1H3. The minimum Gasteiger partial charge on any atom is -0.397 e. The van der Waals surface area contributed by atoms with Gasteiger partial charge in [0.25, 0.3) is 10.0 Å². The summed E-state index contributed by atoms with van der Waals surface area (Å²) >= 11 is 0. The van der Waals surface area contributed by atoms with Gasteiger partial charge >= 0.3 is 0 Å². The summed E-state index contributed by atoms with van der Waals surface area (Å²) in [5.74, 6) is -0.610. The van der Waals surface area contributed by atoms with Crippen molar-refractivity contribution in [1.29, 1.82) is 0 Å². The largest absolute Gasteiger partial charge is 0.397 e. The highest BCUT2D eigenvalue weighted by atomic mass is 32.2. The van der Waals surface area contributed by atoms with E-state index in [1.807, 2.05) is 6.07 Å². The smallest absolute Gasteiger partial charge is 0.262 e. The summed E-state index contributed by atoms with van der Waals surface area (Å²) in [7, 11) is -1.81. The molecular formula is C17H21FN4O2S. The van der Waals surface area contributed by atoms with Crippen LogP contribution in [0.2, 0.25) is 0 Å². The van der Waals surface area contributed by atoms with Gasteiger partial charge < -0.3 is 15.5 Å². The highest BCUT2D eigenvalue weighted by molar-refractivity contribution is 7.92. The molecule has 8 heteroatoms. The second-order valence-corrected chi connectivity index (χ2v) is 7.81. The van der Waals surface area contributed by atoms with Crippen LogP contribution in [0, 0.1) is 5.82 Å². The molecule has 0 aromatic heterocycles. The Labute approximate surface area is 147 Å². The fourth-order valence-electron chi connectivity index (χ4n) is 2.74. The Hall–Kier alpha value is -2.32. The molecular weight excluding hydrogens is 343 g/mol. The quantitative estimate of drug-likeness (QED) is 0.811. The van der Waals surface area contributed by atoms with Crippen molar-refractivity contribution in [3.05, 3.63) is 48.3 Å². The molecule has 0 spiro atoms. The SMILES string of the molecule is CN1CCN(c2ccc(NS(=O)(=O)c3cccc(F)c3)c(N)c2)CC1. The highest BCUT2D eigenvalue weighted by Gasteiger charge is 2.18. The third-order valence-electron chi connectivity index (χ3n) is 4.25. The molecule has 0 saturated carbocycles. The topological polar surface area (TPSA) is 78.7 Å². The lowest BCUT2D eigenvalue weighted by atomic mass is 10.2. The first-order valence-electron chi connectivity index (χ1n) is 7.96. The van der Waals surface area contributed by atoms with E-state index in [1.165, 1.54) is 18.2 Å². The van der Waals surface area contributed by atoms with Crippen molar-refractivity contribution < 1.29 is 12.8 Å². The third-order valence-corrected chi connectivity index (χ3v) is 5.62. The Kier molecular flexibility index (Phi) is 4.82. The van der Waals surface area contributed by atoms with Crippen LogP contribution >= 0.6 is 0 Å². The highest BCUT2D eigenvalue weighted by Crippen LogP contribution is 2.28. The number of benzene rings is 2. The van der Waals surface area contributed by atoms with E-state index < -0.39 is 15.8 Å². The first-order valence-corrected chi connectivity index (χ1v) is 9.45. The Bertz CT molecular complexity index is 865. The molecule has 134 valence electrons. The molecule has 1 aliphatic rings. The summed E-state index contributed by atoms with van der Waals surface area (Å²) in [6.07, 6.45) is 0. The van der Waals surface area contributed by atoms with E-state index in [-0.39, 0.29) is 10.6 Å². The fourth-order valence-corrected chi connectivity index (χ4v) is 3.86. The number of sulfonamides is 1. The van der Waals surface area contributed by atoms with Crippen LogP contribution in [-0.2, 0) is 10.0 Å². The molecule has 2 aromatic rings. The molecule has 25 heavy (non-hydrogen) atoms. The Morgan fingerprint density at radius 3 is 2.44 bits per heavy atom. The number of halogens is 1. The van der Waals surface area contributed by atoms with Crippen molar-refractivity contribution in [3.8, 4) is 0 Å². The zero-order chi connectivity index (χ0) is 18.0. The van der Waals surface area contributed by atoms with E-state index in [0.717, 1.165) is 37.9 Å². The molecule has 3 N–H and O–H groups in total. The van der Waals surface area contributed by atoms with E-state index in [2.05, 4.69) is 21.6 Å². The van der Waals surface area contributed by atoms with Crippen LogP contribution in [0.4, 0.5) is 21.5 Å². The van der Waals surface area contributed by atoms with Crippen LogP contribution in [0.5, 0.6) is 0 Å². The molecule has 0 bridgehead atoms. The van der Waals surface area contributed by atoms with Gasteiger partial charge in [0.05, 0.1) is 16.3 Å². The molecule has 0 unspecified atom stereocenters. The number of hydrogen-bond donors (Lipinski definition) is 2. The average Bonchev–Trinajstić information content (AvgIpc) is 2.57. The maximum atomic E-state index is 13.3. The van der Waals surface area contributed by atoms with E-state index in [0.29, 0.717) is 5.69 Å². The minimum absolute atomic E-state index is 0.143. The molecule has 2 aromatic carbocycles. The average molecular weight is 364 g/mol. The van der Waals surface area contributed by atoms with Crippen LogP contribution in [-0.4, -0.2) is 46.5 Å². The number of nitrogen functional groups attached to an aromatic ring is 1. The lowest BCUT2D eigenvalue weighted by Gasteiger charge is -2.34. The summed E-state index contributed by atoms with van der Waals surface area (Å²) in [4.78, 5) is 4.32. The molecule has 1 heterocycles. The van der Waals surface area contributed by atoms with Gasteiger partial charge in [0.15, 0.2) is 0 Å². The van der Waals surface area contributed by atoms with E-state index in [4.69, 9.17) is 5.73 Å². The number of rotatable bonds is 4. The van der Waals surface area contributed by atoms with Gasteiger partial charge in [-0.3, -0.25) is 4.72 Å². The van der Waals surface area contributed by atoms with Gasteiger partial charge in [-0.2, -0.15) is 0 Å². The zero-order valence-corrected chi connectivity index (χ0v) is 14.8. The van der Waals surface area contributed by atoms with Crippen LogP contribution in [0.3, 0.4) is 0 Å². The van der Waals surface area contributed by atoms with Crippen molar-refractivity contribution in [1.82, 2.24) is 4.90 Å². The number of nitrogens with zero attached hydrogens (tertiary/aromatic N) is 2. The van der Waals surface area contributed by atoms with Gasteiger partial charge in [-0.05, 0) is 43.4 Å². The summed E-state index contributed by atoms with van der Waals surface area (Å²) < 4.78 is 40.5. The zero-order valence-electron chi connectivity index (χ0n) is 13.9. The molecule has 1 fully saturated rings. The number of piperazine rings is 1. The van der Waals surface area contributed by atoms with Crippen molar-refractivity contribution in [2.45, 2.75) is 4.90 Å². The predicted molar refractivity (Wildman–Crippen MR) is 97.8 cm³/mol. The normalized spacial score (nSPS) is 16.0. The van der Waals surface area contributed by atoms with Gasteiger partial charge in [0.2, 0.25) is 0 Å². The number of nitrogens with two attached hydrogens (primary N) is 1. The molecule has 0 radical (unpaired) electrons. The number of anilines is 3. The Morgan fingerprint density at radius 1 is 1.08 bits per heavy atom. The Morgan fingerprint density at radius 2 is 1.80 bits per heavy atom. The van der Waals surface area contributed by atoms with E-state index >= 15 is 0 Å². The van der Waals surface area contributed by atoms with Crippen molar-refractivity contribution >= 4 is 27.1 Å². The lowest BCUT2D eigenvalue weighted by molar-refractivity contribution is 0.313. The molecule has 0 aliphatic carbocycles. The van der Waals surface area contributed by atoms with Crippen molar-refractivity contribution in [3.63, 3.8) is 0 Å². The van der Waals surface area contributed by atoms with Crippen LogP contribution in [0.15, 0.2) is 47.4 Å².